The van der Waals surface area contributed by atoms with Crippen LogP contribution in [0.4, 0.5) is 0 Å². The molecule has 1 aromatic heterocycles. The molecule has 0 aliphatic carbocycles. The normalized spacial score (nSPS) is 13.0. The van der Waals surface area contributed by atoms with Crippen molar-refractivity contribution in [2.75, 3.05) is 0 Å². The number of H-pyrrole nitrogens is 1. The Morgan fingerprint density at radius 3 is 2.93 bits per heavy atom. The van der Waals surface area contributed by atoms with Gasteiger partial charge in [-0.25, -0.2) is 4.98 Å². The maximum Gasteiger partial charge on any atom is 0.271 e. The minimum absolute atomic E-state index is 0.250. The number of hydrogen-bond acceptors (Lipinski definition) is 3. The molecular formula is C10H10ClN3O. The van der Waals surface area contributed by atoms with Crippen LogP contribution in [0.3, 0.4) is 0 Å². The first kappa shape index (κ1) is 10.1. The number of aromatic amines is 1. The van der Waals surface area contributed by atoms with Crippen molar-refractivity contribution in [1.29, 1.82) is 0 Å². The van der Waals surface area contributed by atoms with Crippen LogP contribution in [0.1, 0.15) is 18.7 Å². The largest absolute Gasteiger partial charge is 0.323 e. The van der Waals surface area contributed by atoms with Crippen molar-refractivity contribution in [3.05, 3.63) is 39.3 Å². The highest BCUT2D eigenvalue weighted by Crippen LogP contribution is 2.15. The number of benzene rings is 1. The van der Waals surface area contributed by atoms with Crippen molar-refractivity contribution in [1.82, 2.24) is 9.97 Å². The highest BCUT2D eigenvalue weighted by atomic mass is 35.5. The molecule has 15 heavy (non-hydrogen) atoms. The molecule has 0 spiro atoms. The quantitative estimate of drug-likeness (QED) is 0.771. The third-order valence-electron chi connectivity index (χ3n) is 2.11. The molecule has 3 N–H and O–H groups in total. The Balaban J connectivity index is 2.77. The van der Waals surface area contributed by atoms with E-state index in [1.54, 1.807) is 25.1 Å². The van der Waals surface area contributed by atoms with E-state index in [2.05, 4.69) is 9.97 Å². The summed E-state index contributed by atoms with van der Waals surface area (Å²) in [4.78, 5) is 18.4. The summed E-state index contributed by atoms with van der Waals surface area (Å²) in [5, 5.41) is 0.581. The average molecular weight is 224 g/mol. The van der Waals surface area contributed by atoms with Gasteiger partial charge in [-0.05, 0) is 25.1 Å². The molecule has 0 fully saturated rings. The highest BCUT2D eigenvalue weighted by Gasteiger charge is 2.08. The van der Waals surface area contributed by atoms with E-state index in [9.17, 15) is 4.79 Å². The second-order valence-electron chi connectivity index (χ2n) is 3.40. The zero-order chi connectivity index (χ0) is 11.0. The molecule has 0 saturated carbocycles. The monoisotopic (exact) mass is 223 g/mol. The summed E-state index contributed by atoms with van der Waals surface area (Å²) in [5.41, 5.74) is 7.01. The molecule has 0 aliphatic heterocycles. The third-order valence-corrected chi connectivity index (χ3v) is 2.35. The van der Waals surface area contributed by atoms with Gasteiger partial charge in [0.2, 0.25) is 0 Å². The summed E-state index contributed by atoms with van der Waals surface area (Å²) in [6.07, 6.45) is 0. The lowest BCUT2D eigenvalue weighted by Crippen LogP contribution is -2.21. The maximum atomic E-state index is 11.5. The van der Waals surface area contributed by atoms with Crippen LogP contribution in [0.15, 0.2) is 23.0 Å². The molecule has 5 heteroatoms. The van der Waals surface area contributed by atoms with E-state index in [1.807, 2.05) is 0 Å². The lowest BCUT2D eigenvalue weighted by atomic mass is 10.2. The van der Waals surface area contributed by atoms with Gasteiger partial charge in [0.05, 0.1) is 11.0 Å². The smallest absolute Gasteiger partial charge is 0.271 e. The fraction of sp³-hybridized carbons (Fsp3) is 0.200. The fourth-order valence-corrected chi connectivity index (χ4v) is 1.54. The van der Waals surface area contributed by atoms with Crippen LogP contribution in [0.5, 0.6) is 0 Å². The van der Waals surface area contributed by atoms with Crippen LogP contribution < -0.4 is 11.3 Å². The molecular weight excluding hydrogens is 214 g/mol. The SMILES string of the molecule is C[C@@H](N)c1nc2cc(Cl)ccc2[nH]c1=O. The fourth-order valence-electron chi connectivity index (χ4n) is 1.38. The number of nitrogens with two attached hydrogens (primary N) is 1. The highest BCUT2D eigenvalue weighted by molar-refractivity contribution is 6.31. The second kappa shape index (κ2) is 3.64. The van der Waals surface area contributed by atoms with Gasteiger partial charge in [-0.3, -0.25) is 4.79 Å². The van der Waals surface area contributed by atoms with Crippen molar-refractivity contribution in [2.24, 2.45) is 5.73 Å². The van der Waals surface area contributed by atoms with Crippen molar-refractivity contribution < 1.29 is 0 Å². The van der Waals surface area contributed by atoms with Gasteiger partial charge >= 0.3 is 0 Å². The number of halogens is 1. The van der Waals surface area contributed by atoms with Crippen molar-refractivity contribution in [3.63, 3.8) is 0 Å². The van der Waals surface area contributed by atoms with E-state index in [0.29, 0.717) is 21.7 Å². The van der Waals surface area contributed by atoms with Gasteiger partial charge in [0.1, 0.15) is 5.69 Å². The van der Waals surface area contributed by atoms with E-state index in [4.69, 9.17) is 17.3 Å². The predicted octanol–water partition coefficient (Wildman–Crippen LogP) is 1.60. The number of nitrogens with one attached hydrogen (secondary N) is 1. The first-order valence-corrected chi connectivity index (χ1v) is 4.91. The summed E-state index contributed by atoms with van der Waals surface area (Å²) in [6, 6.07) is 4.72. The van der Waals surface area contributed by atoms with Gasteiger partial charge in [-0.1, -0.05) is 11.6 Å². The van der Waals surface area contributed by atoms with E-state index in [1.165, 1.54) is 0 Å². The summed E-state index contributed by atoms with van der Waals surface area (Å²) < 4.78 is 0. The summed E-state index contributed by atoms with van der Waals surface area (Å²) in [5.74, 6) is 0. The Hall–Kier alpha value is -1.39. The van der Waals surface area contributed by atoms with E-state index in [-0.39, 0.29) is 5.56 Å². The first-order valence-electron chi connectivity index (χ1n) is 4.53. The zero-order valence-electron chi connectivity index (χ0n) is 8.12. The lowest BCUT2D eigenvalue weighted by molar-refractivity contribution is 0.768. The predicted molar refractivity (Wildman–Crippen MR) is 60.0 cm³/mol. The van der Waals surface area contributed by atoms with Gasteiger partial charge in [0.25, 0.3) is 5.56 Å². The molecule has 78 valence electrons. The van der Waals surface area contributed by atoms with E-state index < -0.39 is 6.04 Å². The van der Waals surface area contributed by atoms with Crippen molar-refractivity contribution in [2.45, 2.75) is 13.0 Å². The minimum Gasteiger partial charge on any atom is -0.323 e. The molecule has 2 rings (SSSR count). The molecule has 0 amide bonds. The Morgan fingerprint density at radius 2 is 2.27 bits per heavy atom. The lowest BCUT2D eigenvalue weighted by Gasteiger charge is -2.05. The third kappa shape index (κ3) is 1.86. The Bertz CT molecular complexity index is 562. The minimum atomic E-state index is -0.392. The van der Waals surface area contributed by atoms with Gasteiger partial charge in [0, 0.05) is 11.1 Å². The number of hydrogen-bond donors (Lipinski definition) is 2. The number of aromatic nitrogens is 2. The average Bonchev–Trinajstić information content (AvgIpc) is 2.17. The Morgan fingerprint density at radius 1 is 1.53 bits per heavy atom. The van der Waals surface area contributed by atoms with Crippen LogP contribution in [0, 0.1) is 0 Å². The molecule has 0 bridgehead atoms. The summed E-state index contributed by atoms with van der Waals surface area (Å²) in [7, 11) is 0. The van der Waals surface area contributed by atoms with Gasteiger partial charge in [-0.15, -0.1) is 0 Å². The molecule has 1 atom stereocenters. The topological polar surface area (TPSA) is 71.8 Å². The first-order chi connectivity index (χ1) is 7.08. The molecule has 0 saturated heterocycles. The molecule has 4 nitrogen and oxygen atoms in total. The molecule has 1 heterocycles. The van der Waals surface area contributed by atoms with Crippen LogP contribution in [0.2, 0.25) is 5.02 Å². The summed E-state index contributed by atoms with van der Waals surface area (Å²) in [6.45, 7) is 1.72. The number of rotatable bonds is 1. The van der Waals surface area contributed by atoms with E-state index >= 15 is 0 Å². The van der Waals surface area contributed by atoms with Crippen LogP contribution >= 0.6 is 11.6 Å². The molecule has 2 aromatic rings. The van der Waals surface area contributed by atoms with Crippen molar-refractivity contribution in [3.8, 4) is 0 Å². The number of nitrogens with zero attached hydrogens (tertiary/aromatic N) is 1. The van der Waals surface area contributed by atoms with Crippen LogP contribution in [-0.2, 0) is 0 Å². The van der Waals surface area contributed by atoms with Gasteiger partial charge in [0.15, 0.2) is 0 Å². The van der Waals surface area contributed by atoms with E-state index in [0.717, 1.165) is 0 Å². The molecule has 0 unspecified atom stereocenters. The van der Waals surface area contributed by atoms with Crippen LogP contribution in [-0.4, -0.2) is 9.97 Å². The summed E-state index contributed by atoms with van der Waals surface area (Å²) >= 11 is 5.83. The molecule has 0 aliphatic rings. The Kier molecular flexibility index (Phi) is 2.46. The molecule has 0 radical (unpaired) electrons. The number of fused-ring (bicyclic) bond motifs is 1. The van der Waals surface area contributed by atoms with Crippen LogP contribution in [0.25, 0.3) is 11.0 Å². The van der Waals surface area contributed by atoms with Crippen molar-refractivity contribution >= 4 is 22.6 Å². The van der Waals surface area contributed by atoms with Gasteiger partial charge < -0.3 is 10.7 Å². The maximum absolute atomic E-state index is 11.5. The molecule has 1 aromatic carbocycles. The Labute approximate surface area is 91.1 Å². The second-order valence-corrected chi connectivity index (χ2v) is 3.84. The van der Waals surface area contributed by atoms with Gasteiger partial charge in [-0.2, -0.15) is 0 Å². The standard InChI is InChI=1S/C10H10ClN3O/c1-5(12)9-10(15)14-7-3-2-6(11)4-8(7)13-9/h2-5H,12H2,1H3,(H,14,15)/t5-/m1/s1. The zero-order valence-corrected chi connectivity index (χ0v) is 8.88.